The largest absolute Gasteiger partial charge is 0.393 e. The minimum atomic E-state index is -0.633. The topological polar surface area (TPSA) is 48.4 Å². The van der Waals surface area contributed by atoms with Crippen LogP contribution in [0.15, 0.2) is 36.5 Å². The van der Waals surface area contributed by atoms with Gasteiger partial charge in [0.1, 0.15) is 17.5 Å². The highest BCUT2D eigenvalue weighted by atomic mass is 19.1. The molecule has 1 aliphatic heterocycles. The fourth-order valence-corrected chi connectivity index (χ4v) is 2.55. The van der Waals surface area contributed by atoms with Crippen molar-refractivity contribution in [2.75, 3.05) is 23.3 Å². The summed E-state index contributed by atoms with van der Waals surface area (Å²) in [5.41, 5.74) is 1.29. The molecule has 1 aliphatic rings. The van der Waals surface area contributed by atoms with Gasteiger partial charge in [0.25, 0.3) is 0 Å². The first-order valence-corrected chi connectivity index (χ1v) is 7.22. The monoisotopic (exact) mass is 305 g/mol. The fourth-order valence-electron chi connectivity index (χ4n) is 2.55. The van der Waals surface area contributed by atoms with Gasteiger partial charge in [-0.1, -0.05) is 0 Å². The molecule has 6 heteroatoms. The predicted molar refractivity (Wildman–Crippen MR) is 81.3 cm³/mol. The molecule has 0 unspecified atom stereocenters. The Labute approximate surface area is 127 Å². The maximum atomic E-state index is 13.1. The summed E-state index contributed by atoms with van der Waals surface area (Å²) >= 11 is 0. The van der Waals surface area contributed by atoms with E-state index in [4.69, 9.17) is 0 Å². The molecule has 22 heavy (non-hydrogen) atoms. The highest BCUT2D eigenvalue weighted by Gasteiger charge is 2.17. The van der Waals surface area contributed by atoms with Crippen LogP contribution in [-0.4, -0.2) is 29.3 Å². The van der Waals surface area contributed by atoms with Gasteiger partial charge in [-0.25, -0.2) is 13.8 Å². The fraction of sp³-hybridized carbons (Fsp3) is 0.312. The van der Waals surface area contributed by atoms with Crippen LogP contribution in [0.2, 0.25) is 0 Å². The van der Waals surface area contributed by atoms with E-state index in [9.17, 15) is 13.9 Å². The van der Waals surface area contributed by atoms with E-state index in [1.807, 2.05) is 6.07 Å². The van der Waals surface area contributed by atoms with Crippen molar-refractivity contribution < 1.29 is 13.9 Å². The Morgan fingerprint density at radius 3 is 2.36 bits per heavy atom. The first-order chi connectivity index (χ1) is 10.6. The third-order valence-corrected chi connectivity index (χ3v) is 3.71. The van der Waals surface area contributed by atoms with Gasteiger partial charge in [-0.05, 0) is 37.1 Å². The van der Waals surface area contributed by atoms with Gasteiger partial charge >= 0.3 is 0 Å². The minimum absolute atomic E-state index is 0.215. The van der Waals surface area contributed by atoms with Crippen LogP contribution in [0, 0.1) is 11.6 Å². The number of aromatic nitrogens is 1. The molecule has 2 heterocycles. The van der Waals surface area contributed by atoms with E-state index in [1.165, 1.54) is 12.1 Å². The van der Waals surface area contributed by atoms with E-state index in [-0.39, 0.29) is 6.10 Å². The number of rotatable bonds is 3. The van der Waals surface area contributed by atoms with Crippen LogP contribution in [0.1, 0.15) is 12.8 Å². The Hall–Kier alpha value is -2.21. The van der Waals surface area contributed by atoms with Gasteiger partial charge in [0.05, 0.1) is 18.0 Å². The van der Waals surface area contributed by atoms with Gasteiger partial charge in [0.2, 0.25) is 0 Å². The van der Waals surface area contributed by atoms with Crippen LogP contribution in [-0.2, 0) is 0 Å². The van der Waals surface area contributed by atoms with E-state index in [1.54, 1.807) is 12.3 Å². The lowest BCUT2D eigenvalue weighted by Gasteiger charge is -2.31. The SMILES string of the molecule is OC1CCN(c2ccc(Nc3cc(F)cc(F)c3)nc2)CC1. The van der Waals surface area contributed by atoms with Crippen molar-refractivity contribution in [2.45, 2.75) is 18.9 Å². The normalized spacial score (nSPS) is 15.9. The number of anilines is 3. The molecule has 1 aromatic heterocycles. The molecule has 0 aliphatic carbocycles. The Morgan fingerprint density at radius 1 is 1.09 bits per heavy atom. The van der Waals surface area contributed by atoms with Crippen molar-refractivity contribution in [3.63, 3.8) is 0 Å². The molecule has 2 aromatic rings. The van der Waals surface area contributed by atoms with Gasteiger partial charge < -0.3 is 15.3 Å². The Bertz CT molecular complexity index is 620. The molecule has 1 aromatic carbocycles. The lowest BCUT2D eigenvalue weighted by atomic mass is 10.1. The van der Waals surface area contributed by atoms with Crippen molar-refractivity contribution in [1.29, 1.82) is 0 Å². The summed E-state index contributed by atoms with van der Waals surface area (Å²) in [6.07, 6.45) is 3.01. The van der Waals surface area contributed by atoms with Gasteiger partial charge in [0, 0.05) is 24.8 Å². The van der Waals surface area contributed by atoms with Gasteiger partial charge in [0.15, 0.2) is 0 Å². The first kappa shape index (κ1) is 14.7. The lowest BCUT2D eigenvalue weighted by molar-refractivity contribution is 0.145. The van der Waals surface area contributed by atoms with Crippen LogP contribution in [0.3, 0.4) is 0 Å². The molecular formula is C16H17F2N3O. The molecule has 1 fully saturated rings. The number of aliphatic hydroxyl groups is 1. The second-order valence-electron chi connectivity index (χ2n) is 5.40. The second kappa shape index (κ2) is 6.27. The van der Waals surface area contributed by atoms with Crippen LogP contribution < -0.4 is 10.2 Å². The number of halogens is 2. The van der Waals surface area contributed by atoms with Crippen molar-refractivity contribution in [2.24, 2.45) is 0 Å². The minimum Gasteiger partial charge on any atom is -0.393 e. The van der Waals surface area contributed by atoms with Crippen molar-refractivity contribution >= 4 is 17.2 Å². The van der Waals surface area contributed by atoms with E-state index in [0.717, 1.165) is 37.7 Å². The molecule has 0 amide bonds. The molecule has 116 valence electrons. The average molecular weight is 305 g/mol. The zero-order valence-electron chi connectivity index (χ0n) is 12.0. The van der Waals surface area contributed by atoms with E-state index < -0.39 is 11.6 Å². The molecular weight excluding hydrogens is 288 g/mol. The van der Waals surface area contributed by atoms with E-state index in [0.29, 0.717) is 11.5 Å². The first-order valence-electron chi connectivity index (χ1n) is 7.22. The number of piperidine rings is 1. The third kappa shape index (κ3) is 3.51. The van der Waals surface area contributed by atoms with Crippen molar-refractivity contribution in [3.8, 4) is 0 Å². The number of hydrogen-bond acceptors (Lipinski definition) is 4. The summed E-state index contributed by atoms with van der Waals surface area (Å²) in [4.78, 5) is 6.43. The van der Waals surface area contributed by atoms with Gasteiger partial charge in [-0.3, -0.25) is 0 Å². The molecule has 0 bridgehead atoms. The third-order valence-electron chi connectivity index (χ3n) is 3.71. The molecule has 0 spiro atoms. The summed E-state index contributed by atoms with van der Waals surface area (Å²) in [6.45, 7) is 1.59. The molecule has 3 rings (SSSR count). The highest BCUT2D eigenvalue weighted by molar-refractivity contribution is 5.58. The number of pyridine rings is 1. The number of nitrogens with one attached hydrogen (secondary N) is 1. The molecule has 4 nitrogen and oxygen atoms in total. The van der Waals surface area contributed by atoms with E-state index in [2.05, 4.69) is 15.2 Å². The molecule has 0 saturated carbocycles. The van der Waals surface area contributed by atoms with Crippen LogP contribution >= 0.6 is 0 Å². The summed E-state index contributed by atoms with van der Waals surface area (Å²) < 4.78 is 26.3. The molecule has 2 N–H and O–H groups in total. The lowest BCUT2D eigenvalue weighted by Crippen LogP contribution is -2.35. The van der Waals surface area contributed by atoms with Crippen LogP contribution in [0.5, 0.6) is 0 Å². The Kier molecular flexibility index (Phi) is 4.20. The van der Waals surface area contributed by atoms with Gasteiger partial charge in [-0.2, -0.15) is 0 Å². The maximum Gasteiger partial charge on any atom is 0.130 e. The summed E-state index contributed by atoms with van der Waals surface area (Å²) in [6, 6.07) is 6.92. The smallest absolute Gasteiger partial charge is 0.130 e. The zero-order valence-corrected chi connectivity index (χ0v) is 12.0. The number of benzene rings is 1. The molecule has 0 atom stereocenters. The number of hydrogen-bond donors (Lipinski definition) is 2. The highest BCUT2D eigenvalue weighted by Crippen LogP contribution is 2.22. The van der Waals surface area contributed by atoms with Gasteiger partial charge in [-0.15, -0.1) is 0 Å². The van der Waals surface area contributed by atoms with Crippen LogP contribution in [0.25, 0.3) is 0 Å². The standard InChI is InChI=1S/C16H17F2N3O/c17-11-7-12(18)9-13(8-11)20-16-2-1-14(10-19-16)21-5-3-15(22)4-6-21/h1-2,7-10,15,22H,3-6H2,(H,19,20). The Morgan fingerprint density at radius 2 is 1.77 bits per heavy atom. The summed E-state index contributed by atoms with van der Waals surface area (Å²) in [5, 5.41) is 12.4. The van der Waals surface area contributed by atoms with Crippen molar-refractivity contribution in [3.05, 3.63) is 48.2 Å². The Balaban J connectivity index is 1.69. The zero-order chi connectivity index (χ0) is 15.5. The quantitative estimate of drug-likeness (QED) is 0.915. The number of nitrogens with zero attached hydrogens (tertiary/aromatic N) is 2. The van der Waals surface area contributed by atoms with Crippen LogP contribution in [0.4, 0.5) is 26.0 Å². The predicted octanol–water partition coefficient (Wildman–Crippen LogP) is 3.06. The second-order valence-corrected chi connectivity index (χ2v) is 5.40. The maximum absolute atomic E-state index is 13.1. The average Bonchev–Trinajstić information content (AvgIpc) is 2.48. The van der Waals surface area contributed by atoms with Crippen molar-refractivity contribution in [1.82, 2.24) is 4.98 Å². The van der Waals surface area contributed by atoms with E-state index >= 15 is 0 Å². The molecule has 0 radical (unpaired) electrons. The number of aliphatic hydroxyl groups excluding tert-OH is 1. The summed E-state index contributed by atoms with van der Waals surface area (Å²) in [5.74, 6) is -0.747. The molecule has 1 saturated heterocycles. The summed E-state index contributed by atoms with van der Waals surface area (Å²) in [7, 11) is 0.